The summed E-state index contributed by atoms with van der Waals surface area (Å²) >= 11 is 0. The highest BCUT2D eigenvalue weighted by atomic mass is 16.2. The van der Waals surface area contributed by atoms with Crippen molar-refractivity contribution in [3.05, 3.63) is 0 Å². The van der Waals surface area contributed by atoms with Crippen molar-refractivity contribution in [1.29, 1.82) is 0 Å². The molecule has 3 heterocycles. The maximum atomic E-state index is 12.6. The number of fused-ring (bicyclic) bond motifs is 4. The van der Waals surface area contributed by atoms with Crippen molar-refractivity contribution in [2.24, 2.45) is 17.8 Å². The van der Waals surface area contributed by atoms with Gasteiger partial charge in [0.15, 0.2) is 0 Å². The van der Waals surface area contributed by atoms with E-state index in [1.807, 2.05) is 0 Å². The average Bonchev–Trinajstić information content (AvgIpc) is 2.53. The third-order valence-corrected chi connectivity index (χ3v) is 6.70. The highest BCUT2D eigenvalue weighted by molar-refractivity contribution is 5.78. The van der Waals surface area contributed by atoms with E-state index in [-0.39, 0.29) is 0 Å². The summed E-state index contributed by atoms with van der Waals surface area (Å²) in [6, 6.07) is 1.11. The topological polar surface area (TPSA) is 32.3 Å². The Balaban J connectivity index is 1.54. The smallest absolute Gasteiger partial charge is 0.223 e. The first kappa shape index (κ1) is 14.0. The number of rotatable bonds is 2. The number of piperidine rings is 3. The van der Waals surface area contributed by atoms with E-state index >= 15 is 0 Å². The van der Waals surface area contributed by atoms with Crippen LogP contribution < -0.4 is 5.32 Å². The molecule has 3 aliphatic heterocycles. The Bertz CT molecular complexity index is 391. The fraction of sp³-hybridized carbons (Fsp3) is 0.944. The standard InChI is InChI=1S/C18H30N2O/c21-18-8-4-7-16-14-10-15(12-19-11-14)17(20(16)18)9-13-5-2-1-3-6-13/h13-17,19H,1-12H2/t14-,15+,16+,17+/m1/s1. The minimum Gasteiger partial charge on any atom is -0.336 e. The summed E-state index contributed by atoms with van der Waals surface area (Å²) in [6.07, 6.45) is 12.9. The number of carbonyl (C=O) groups excluding carboxylic acids is 1. The Labute approximate surface area is 128 Å². The zero-order chi connectivity index (χ0) is 14.2. The van der Waals surface area contributed by atoms with Crippen molar-refractivity contribution >= 4 is 5.91 Å². The Morgan fingerprint density at radius 3 is 2.67 bits per heavy atom. The van der Waals surface area contributed by atoms with E-state index in [9.17, 15) is 4.79 Å². The SMILES string of the molecule is O=C1CCC[C@H]2[C@H]3CNC[C@H](C3)[C@H](CC3CCCCC3)N12. The largest absolute Gasteiger partial charge is 0.336 e. The van der Waals surface area contributed by atoms with E-state index in [1.165, 1.54) is 51.4 Å². The summed E-state index contributed by atoms with van der Waals surface area (Å²) in [6.45, 7) is 2.28. The molecule has 3 nitrogen and oxygen atoms in total. The molecular formula is C18H30N2O. The molecule has 0 aromatic carbocycles. The summed E-state index contributed by atoms with van der Waals surface area (Å²) in [5, 5.41) is 3.66. The van der Waals surface area contributed by atoms with Gasteiger partial charge < -0.3 is 10.2 Å². The third-order valence-electron chi connectivity index (χ3n) is 6.70. The highest BCUT2D eigenvalue weighted by Crippen LogP contribution is 2.42. The van der Waals surface area contributed by atoms with Crippen LogP contribution in [0.2, 0.25) is 0 Å². The van der Waals surface area contributed by atoms with Crippen LogP contribution in [-0.4, -0.2) is 36.0 Å². The van der Waals surface area contributed by atoms with Crippen LogP contribution in [0, 0.1) is 17.8 Å². The molecule has 0 aromatic heterocycles. The molecule has 4 aliphatic rings. The van der Waals surface area contributed by atoms with E-state index in [0.29, 0.717) is 18.0 Å². The Morgan fingerprint density at radius 2 is 1.81 bits per heavy atom. The number of nitrogens with zero attached hydrogens (tertiary/aromatic N) is 1. The lowest BCUT2D eigenvalue weighted by Gasteiger charge is -2.55. The molecule has 0 unspecified atom stereocenters. The minimum absolute atomic E-state index is 0.476. The van der Waals surface area contributed by atoms with E-state index in [2.05, 4.69) is 10.2 Å². The number of hydrogen-bond donors (Lipinski definition) is 1. The second kappa shape index (κ2) is 5.91. The number of amides is 1. The van der Waals surface area contributed by atoms with Gasteiger partial charge in [0.05, 0.1) is 0 Å². The van der Waals surface area contributed by atoms with E-state index in [4.69, 9.17) is 0 Å². The van der Waals surface area contributed by atoms with Gasteiger partial charge >= 0.3 is 0 Å². The van der Waals surface area contributed by atoms with Crippen LogP contribution in [0.5, 0.6) is 0 Å². The van der Waals surface area contributed by atoms with Gasteiger partial charge in [-0.2, -0.15) is 0 Å². The van der Waals surface area contributed by atoms with Crippen LogP contribution in [0.4, 0.5) is 0 Å². The molecular weight excluding hydrogens is 260 g/mol. The zero-order valence-corrected chi connectivity index (χ0v) is 13.2. The van der Waals surface area contributed by atoms with E-state index < -0.39 is 0 Å². The van der Waals surface area contributed by atoms with Gasteiger partial charge in [0, 0.05) is 18.5 Å². The predicted octanol–water partition coefficient (Wildman–Crippen LogP) is 2.95. The first-order valence-electron chi connectivity index (χ1n) is 9.35. The molecule has 0 aromatic rings. The molecule has 4 rings (SSSR count). The first-order chi connectivity index (χ1) is 10.3. The summed E-state index contributed by atoms with van der Waals surface area (Å²) in [5.74, 6) is 2.82. The van der Waals surface area contributed by atoms with Crippen LogP contribution >= 0.6 is 0 Å². The molecule has 1 saturated carbocycles. The second-order valence-corrected chi connectivity index (χ2v) is 7.98. The van der Waals surface area contributed by atoms with Crippen LogP contribution in [-0.2, 0) is 4.79 Å². The molecule has 4 atom stereocenters. The fourth-order valence-electron chi connectivity index (χ4n) is 5.70. The van der Waals surface area contributed by atoms with Gasteiger partial charge in [0.1, 0.15) is 0 Å². The van der Waals surface area contributed by atoms with Crippen molar-refractivity contribution in [3.63, 3.8) is 0 Å². The van der Waals surface area contributed by atoms with Gasteiger partial charge in [-0.15, -0.1) is 0 Å². The third kappa shape index (κ3) is 2.62. The average molecular weight is 290 g/mol. The predicted molar refractivity (Wildman–Crippen MR) is 83.9 cm³/mol. The summed E-state index contributed by atoms with van der Waals surface area (Å²) in [4.78, 5) is 15.0. The zero-order valence-electron chi connectivity index (χ0n) is 13.2. The van der Waals surface area contributed by atoms with Gasteiger partial charge in [-0.3, -0.25) is 4.79 Å². The summed E-state index contributed by atoms with van der Waals surface area (Å²) < 4.78 is 0. The molecule has 0 radical (unpaired) electrons. The lowest BCUT2D eigenvalue weighted by molar-refractivity contribution is -0.150. The van der Waals surface area contributed by atoms with E-state index in [1.54, 1.807) is 0 Å². The van der Waals surface area contributed by atoms with E-state index in [0.717, 1.165) is 43.7 Å². The fourth-order valence-corrected chi connectivity index (χ4v) is 5.70. The molecule has 3 heteroatoms. The molecule has 21 heavy (non-hydrogen) atoms. The number of nitrogens with one attached hydrogen (secondary N) is 1. The van der Waals surface area contributed by atoms with Gasteiger partial charge in [0.2, 0.25) is 5.91 Å². The molecule has 1 N–H and O–H groups in total. The molecule has 118 valence electrons. The lowest BCUT2D eigenvalue weighted by Crippen LogP contribution is -2.64. The number of hydrogen-bond acceptors (Lipinski definition) is 2. The van der Waals surface area contributed by atoms with Gasteiger partial charge in [-0.05, 0) is 56.5 Å². The Morgan fingerprint density at radius 1 is 1.00 bits per heavy atom. The molecule has 1 aliphatic carbocycles. The Kier molecular flexibility index (Phi) is 3.95. The van der Waals surface area contributed by atoms with Gasteiger partial charge in [0.25, 0.3) is 0 Å². The van der Waals surface area contributed by atoms with Crippen LogP contribution in [0.15, 0.2) is 0 Å². The van der Waals surface area contributed by atoms with Crippen molar-refractivity contribution < 1.29 is 4.79 Å². The molecule has 4 fully saturated rings. The molecule has 1 amide bonds. The molecule has 3 saturated heterocycles. The van der Waals surface area contributed by atoms with Gasteiger partial charge in [-0.1, -0.05) is 32.1 Å². The monoisotopic (exact) mass is 290 g/mol. The van der Waals surface area contributed by atoms with Crippen LogP contribution in [0.3, 0.4) is 0 Å². The van der Waals surface area contributed by atoms with Crippen LogP contribution in [0.25, 0.3) is 0 Å². The van der Waals surface area contributed by atoms with Crippen LogP contribution in [0.1, 0.15) is 64.2 Å². The minimum atomic E-state index is 0.476. The maximum Gasteiger partial charge on any atom is 0.223 e. The first-order valence-corrected chi connectivity index (χ1v) is 9.35. The molecule has 0 spiro atoms. The highest BCUT2D eigenvalue weighted by Gasteiger charge is 2.47. The second-order valence-electron chi connectivity index (χ2n) is 7.98. The Hall–Kier alpha value is -0.570. The van der Waals surface area contributed by atoms with Crippen molar-refractivity contribution in [1.82, 2.24) is 10.2 Å². The van der Waals surface area contributed by atoms with Gasteiger partial charge in [-0.25, -0.2) is 0 Å². The quantitative estimate of drug-likeness (QED) is 0.848. The van der Waals surface area contributed by atoms with Crippen molar-refractivity contribution in [3.8, 4) is 0 Å². The van der Waals surface area contributed by atoms with Crippen molar-refractivity contribution in [2.75, 3.05) is 13.1 Å². The maximum absolute atomic E-state index is 12.6. The lowest BCUT2D eigenvalue weighted by atomic mass is 9.70. The summed E-state index contributed by atoms with van der Waals surface area (Å²) in [7, 11) is 0. The summed E-state index contributed by atoms with van der Waals surface area (Å²) in [5.41, 5.74) is 0. The molecule has 2 bridgehead atoms. The normalized spacial score (nSPS) is 41.0. The number of carbonyl (C=O) groups is 1. The van der Waals surface area contributed by atoms with Crippen molar-refractivity contribution in [2.45, 2.75) is 76.3 Å².